The van der Waals surface area contributed by atoms with Crippen LogP contribution in [0.5, 0.6) is 0 Å². The van der Waals surface area contributed by atoms with E-state index in [4.69, 9.17) is 0 Å². The maximum absolute atomic E-state index is 12.0. The zero-order valence-corrected chi connectivity index (χ0v) is 14.0. The Labute approximate surface area is 137 Å². The fourth-order valence-corrected chi connectivity index (χ4v) is 2.96. The molecule has 0 fully saturated rings. The zero-order chi connectivity index (χ0) is 16.4. The topological polar surface area (TPSA) is 50.2 Å². The fraction of sp³-hybridized carbons (Fsp3) is 0.444. The van der Waals surface area contributed by atoms with Crippen LogP contribution in [0.3, 0.4) is 0 Å². The van der Waals surface area contributed by atoms with Gasteiger partial charge in [0.25, 0.3) is 5.91 Å². The molecule has 2 aromatic rings. The first-order valence-corrected chi connectivity index (χ1v) is 8.22. The lowest BCUT2D eigenvalue weighted by atomic mass is 10.1. The molecular weight excluding hydrogens is 288 g/mol. The quantitative estimate of drug-likeness (QED) is 0.944. The van der Waals surface area contributed by atoms with Crippen LogP contribution in [0, 0.1) is 6.92 Å². The Balaban J connectivity index is 1.71. The number of hydrogen-bond donors (Lipinski definition) is 1. The summed E-state index contributed by atoms with van der Waals surface area (Å²) in [6.45, 7) is 8.85. The predicted molar refractivity (Wildman–Crippen MR) is 91.7 cm³/mol. The fourth-order valence-electron chi connectivity index (χ4n) is 2.96. The number of benzene rings is 1. The van der Waals surface area contributed by atoms with Gasteiger partial charge in [0.15, 0.2) is 0 Å². The van der Waals surface area contributed by atoms with Crippen LogP contribution >= 0.6 is 0 Å². The molecule has 5 heteroatoms. The minimum absolute atomic E-state index is 0.0155. The van der Waals surface area contributed by atoms with Crippen molar-refractivity contribution in [2.75, 3.05) is 11.4 Å². The van der Waals surface area contributed by atoms with Crippen LogP contribution in [-0.2, 0) is 13.1 Å². The second kappa shape index (κ2) is 6.44. The van der Waals surface area contributed by atoms with Gasteiger partial charge in [-0.25, -0.2) is 4.68 Å². The molecule has 5 nitrogen and oxygen atoms in total. The average Bonchev–Trinajstić information content (AvgIpc) is 2.88. The van der Waals surface area contributed by atoms with Gasteiger partial charge in [-0.1, -0.05) is 12.1 Å². The number of rotatable bonds is 4. The Hall–Kier alpha value is -2.30. The van der Waals surface area contributed by atoms with Crippen LogP contribution in [0.2, 0.25) is 0 Å². The van der Waals surface area contributed by atoms with Gasteiger partial charge in [0.05, 0.1) is 5.69 Å². The van der Waals surface area contributed by atoms with E-state index in [0.717, 1.165) is 31.7 Å². The lowest BCUT2D eigenvalue weighted by Crippen LogP contribution is -2.32. The van der Waals surface area contributed by atoms with Gasteiger partial charge in [0.1, 0.15) is 5.82 Å². The SMILES string of the molecule is Cc1cc2n(n1)CCCN2Cc1ccc(C(=O)NC(C)C)cc1. The number of carbonyl (C=O) groups is 1. The molecule has 23 heavy (non-hydrogen) atoms. The molecule has 0 saturated carbocycles. The number of carbonyl (C=O) groups excluding carboxylic acids is 1. The minimum Gasteiger partial charge on any atom is -0.352 e. The Kier molecular flexibility index (Phi) is 4.37. The highest BCUT2D eigenvalue weighted by atomic mass is 16.1. The molecule has 0 aliphatic carbocycles. The van der Waals surface area contributed by atoms with E-state index >= 15 is 0 Å². The predicted octanol–water partition coefficient (Wildman–Crippen LogP) is 2.74. The van der Waals surface area contributed by atoms with E-state index in [-0.39, 0.29) is 11.9 Å². The zero-order valence-electron chi connectivity index (χ0n) is 14.0. The lowest BCUT2D eigenvalue weighted by molar-refractivity contribution is 0.0943. The molecular formula is C18H24N4O. The molecule has 0 spiro atoms. The molecule has 3 rings (SSSR count). The number of nitrogens with one attached hydrogen (secondary N) is 1. The maximum Gasteiger partial charge on any atom is 0.251 e. The first-order chi connectivity index (χ1) is 11.0. The molecule has 1 amide bonds. The van der Waals surface area contributed by atoms with Crippen molar-refractivity contribution in [1.82, 2.24) is 15.1 Å². The van der Waals surface area contributed by atoms with Gasteiger partial charge in [0, 0.05) is 37.3 Å². The van der Waals surface area contributed by atoms with Crippen molar-refractivity contribution in [3.63, 3.8) is 0 Å². The van der Waals surface area contributed by atoms with Crippen LogP contribution in [0.25, 0.3) is 0 Å². The molecule has 0 radical (unpaired) electrons. The van der Waals surface area contributed by atoms with Crippen LogP contribution in [0.15, 0.2) is 30.3 Å². The Morgan fingerprint density at radius 2 is 2.00 bits per heavy atom. The van der Waals surface area contributed by atoms with Gasteiger partial charge < -0.3 is 10.2 Å². The summed E-state index contributed by atoms with van der Waals surface area (Å²) >= 11 is 0. The summed E-state index contributed by atoms with van der Waals surface area (Å²) in [6.07, 6.45) is 1.11. The van der Waals surface area contributed by atoms with E-state index < -0.39 is 0 Å². The molecule has 0 bridgehead atoms. The van der Waals surface area contributed by atoms with E-state index in [9.17, 15) is 4.79 Å². The summed E-state index contributed by atoms with van der Waals surface area (Å²) in [7, 11) is 0. The number of aromatic nitrogens is 2. The minimum atomic E-state index is -0.0155. The summed E-state index contributed by atoms with van der Waals surface area (Å²) in [5.41, 5.74) is 2.98. The summed E-state index contributed by atoms with van der Waals surface area (Å²) in [6, 6.07) is 10.2. The molecule has 1 aliphatic rings. The molecule has 1 aliphatic heterocycles. The van der Waals surface area contributed by atoms with Crippen molar-refractivity contribution in [2.24, 2.45) is 0 Å². The molecule has 1 N–H and O–H groups in total. The molecule has 1 aromatic carbocycles. The lowest BCUT2D eigenvalue weighted by Gasteiger charge is -2.29. The summed E-state index contributed by atoms with van der Waals surface area (Å²) in [5.74, 6) is 1.17. The third kappa shape index (κ3) is 3.55. The van der Waals surface area contributed by atoms with E-state index in [0.29, 0.717) is 5.56 Å². The first kappa shape index (κ1) is 15.6. The summed E-state index contributed by atoms with van der Waals surface area (Å²) < 4.78 is 2.09. The number of amides is 1. The average molecular weight is 312 g/mol. The Bertz CT molecular complexity index is 688. The van der Waals surface area contributed by atoms with Crippen molar-refractivity contribution in [2.45, 2.75) is 46.3 Å². The van der Waals surface area contributed by atoms with Crippen LogP contribution < -0.4 is 10.2 Å². The first-order valence-electron chi connectivity index (χ1n) is 8.22. The van der Waals surface area contributed by atoms with Crippen LogP contribution in [0.1, 0.15) is 41.9 Å². The molecule has 0 atom stereocenters. The number of aryl methyl sites for hydroxylation is 2. The second-order valence-corrected chi connectivity index (χ2v) is 6.47. The largest absolute Gasteiger partial charge is 0.352 e. The van der Waals surface area contributed by atoms with Gasteiger partial charge in [-0.05, 0) is 44.9 Å². The molecule has 2 heterocycles. The smallest absolute Gasteiger partial charge is 0.251 e. The van der Waals surface area contributed by atoms with Crippen molar-refractivity contribution < 1.29 is 4.79 Å². The monoisotopic (exact) mass is 312 g/mol. The van der Waals surface area contributed by atoms with Crippen molar-refractivity contribution in [3.05, 3.63) is 47.2 Å². The number of anilines is 1. The molecule has 122 valence electrons. The van der Waals surface area contributed by atoms with Gasteiger partial charge in [-0.2, -0.15) is 5.10 Å². The number of hydrogen-bond acceptors (Lipinski definition) is 3. The van der Waals surface area contributed by atoms with E-state index in [1.165, 1.54) is 11.4 Å². The molecule has 1 aromatic heterocycles. The van der Waals surface area contributed by atoms with Gasteiger partial charge in [-0.15, -0.1) is 0 Å². The van der Waals surface area contributed by atoms with Gasteiger partial charge in [0.2, 0.25) is 0 Å². The molecule has 0 unspecified atom stereocenters. The van der Waals surface area contributed by atoms with Gasteiger partial charge >= 0.3 is 0 Å². The van der Waals surface area contributed by atoms with E-state index in [1.54, 1.807) is 0 Å². The van der Waals surface area contributed by atoms with E-state index in [2.05, 4.69) is 26.1 Å². The van der Waals surface area contributed by atoms with Crippen molar-refractivity contribution in [3.8, 4) is 0 Å². The Morgan fingerprint density at radius 3 is 2.70 bits per heavy atom. The van der Waals surface area contributed by atoms with Crippen molar-refractivity contribution >= 4 is 11.7 Å². The third-order valence-electron chi connectivity index (χ3n) is 4.01. The summed E-state index contributed by atoms with van der Waals surface area (Å²) in [5, 5.41) is 7.44. The second-order valence-electron chi connectivity index (χ2n) is 6.47. The molecule has 0 saturated heterocycles. The van der Waals surface area contributed by atoms with Crippen molar-refractivity contribution in [1.29, 1.82) is 0 Å². The van der Waals surface area contributed by atoms with E-state index in [1.807, 2.05) is 45.0 Å². The number of fused-ring (bicyclic) bond motifs is 1. The van der Waals surface area contributed by atoms with Crippen LogP contribution in [-0.4, -0.2) is 28.3 Å². The standard InChI is InChI=1S/C18H24N4O/c1-13(2)19-18(23)16-7-5-15(6-8-16)12-21-9-4-10-22-17(21)11-14(3)20-22/h5-8,11,13H,4,9-10,12H2,1-3H3,(H,19,23). The highest BCUT2D eigenvalue weighted by molar-refractivity contribution is 5.94. The van der Waals surface area contributed by atoms with Gasteiger partial charge in [-0.3, -0.25) is 4.79 Å². The summed E-state index contributed by atoms with van der Waals surface area (Å²) in [4.78, 5) is 14.3. The highest BCUT2D eigenvalue weighted by Crippen LogP contribution is 2.23. The maximum atomic E-state index is 12.0. The Morgan fingerprint density at radius 1 is 1.26 bits per heavy atom. The number of nitrogens with zero attached hydrogens (tertiary/aromatic N) is 3. The highest BCUT2D eigenvalue weighted by Gasteiger charge is 2.18. The normalized spacial score (nSPS) is 14.0. The third-order valence-corrected chi connectivity index (χ3v) is 4.01. The van der Waals surface area contributed by atoms with Crippen LogP contribution in [0.4, 0.5) is 5.82 Å².